The Morgan fingerprint density at radius 2 is 2.08 bits per heavy atom. The van der Waals surface area contributed by atoms with E-state index in [1.807, 2.05) is 11.8 Å². The number of rotatable bonds is 12. The average molecular weight is 369 g/mol. The van der Waals surface area contributed by atoms with Gasteiger partial charge < -0.3 is 16.0 Å². The van der Waals surface area contributed by atoms with E-state index in [-0.39, 0.29) is 24.0 Å². The van der Waals surface area contributed by atoms with Gasteiger partial charge in [-0.1, -0.05) is 24.4 Å². The predicted molar refractivity (Wildman–Crippen MR) is 99.4 cm³/mol. The Morgan fingerprint density at radius 1 is 1.24 bits per heavy atom. The molecule has 0 aromatic rings. The smallest absolute Gasteiger partial charge is 0.315 e. The van der Waals surface area contributed by atoms with Crippen molar-refractivity contribution in [1.82, 2.24) is 16.0 Å². The number of azide groups is 1. The molecule has 2 aliphatic heterocycles. The van der Waals surface area contributed by atoms with Crippen molar-refractivity contribution in [3.05, 3.63) is 10.4 Å². The molecule has 0 saturated carbocycles. The summed E-state index contributed by atoms with van der Waals surface area (Å²) in [5.41, 5.74) is 8.16. The molecule has 0 aromatic heterocycles. The van der Waals surface area contributed by atoms with Crippen LogP contribution in [0.25, 0.3) is 10.4 Å². The molecule has 0 radical (unpaired) electrons. The molecule has 9 heteroatoms. The second kappa shape index (κ2) is 11.1. The van der Waals surface area contributed by atoms with Gasteiger partial charge in [0.05, 0.1) is 12.1 Å². The van der Waals surface area contributed by atoms with Crippen LogP contribution in [0, 0.1) is 0 Å². The highest BCUT2D eigenvalue weighted by molar-refractivity contribution is 8.00. The molecular formula is C16H28N6O2S. The number of unbranched alkanes of at least 4 members (excludes halogenated alkanes) is 4. The van der Waals surface area contributed by atoms with Crippen LogP contribution in [0.4, 0.5) is 4.79 Å². The van der Waals surface area contributed by atoms with Gasteiger partial charge in [-0.15, -0.1) is 0 Å². The summed E-state index contributed by atoms with van der Waals surface area (Å²) in [5, 5.41) is 12.9. The first-order valence-corrected chi connectivity index (χ1v) is 10.2. The molecule has 0 aliphatic carbocycles. The summed E-state index contributed by atoms with van der Waals surface area (Å²) in [4.78, 5) is 25.8. The van der Waals surface area contributed by atoms with Crippen LogP contribution < -0.4 is 16.0 Å². The van der Waals surface area contributed by atoms with Crippen LogP contribution in [-0.2, 0) is 4.79 Å². The molecule has 2 fully saturated rings. The van der Waals surface area contributed by atoms with Crippen molar-refractivity contribution in [2.75, 3.05) is 18.8 Å². The number of hydrogen-bond donors (Lipinski definition) is 3. The Labute approximate surface area is 152 Å². The summed E-state index contributed by atoms with van der Waals surface area (Å²) in [7, 11) is 0. The predicted octanol–water partition coefficient (Wildman–Crippen LogP) is 2.70. The maximum Gasteiger partial charge on any atom is 0.315 e. The zero-order chi connectivity index (χ0) is 17.9. The quantitative estimate of drug-likeness (QED) is 0.161. The molecule has 140 valence electrons. The molecule has 2 heterocycles. The zero-order valence-electron chi connectivity index (χ0n) is 14.6. The third-order valence-corrected chi connectivity index (χ3v) is 6.16. The summed E-state index contributed by atoms with van der Waals surface area (Å²) in [6, 6.07) is 0.486. The second-order valence-corrected chi connectivity index (χ2v) is 7.86. The van der Waals surface area contributed by atoms with Gasteiger partial charge >= 0.3 is 6.03 Å². The van der Waals surface area contributed by atoms with Gasteiger partial charge in [0, 0.05) is 35.4 Å². The van der Waals surface area contributed by atoms with Crippen LogP contribution >= 0.6 is 11.8 Å². The molecule has 8 nitrogen and oxygen atoms in total. The maximum atomic E-state index is 11.8. The molecule has 3 N–H and O–H groups in total. The minimum Gasteiger partial charge on any atom is -0.356 e. The van der Waals surface area contributed by atoms with Crippen LogP contribution in [0.15, 0.2) is 5.11 Å². The van der Waals surface area contributed by atoms with E-state index in [9.17, 15) is 9.59 Å². The number of nitrogens with one attached hydrogen (secondary N) is 3. The number of carbonyl (C=O) groups is 2. The number of nitrogens with zero attached hydrogens (tertiary/aromatic N) is 3. The summed E-state index contributed by atoms with van der Waals surface area (Å²) in [6.45, 7) is 1.28. The van der Waals surface area contributed by atoms with E-state index in [2.05, 4.69) is 26.0 Å². The van der Waals surface area contributed by atoms with Crippen LogP contribution in [0.3, 0.4) is 0 Å². The Hall–Kier alpha value is -1.60. The summed E-state index contributed by atoms with van der Waals surface area (Å²) in [5.74, 6) is 1.11. The van der Waals surface area contributed by atoms with E-state index in [4.69, 9.17) is 5.53 Å². The molecule has 0 unspecified atom stereocenters. The van der Waals surface area contributed by atoms with E-state index >= 15 is 0 Å². The van der Waals surface area contributed by atoms with Crippen molar-refractivity contribution < 1.29 is 9.59 Å². The van der Waals surface area contributed by atoms with Gasteiger partial charge in [-0.05, 0) is 31.2 Å². The van der Waals surface area contributed by atoms with Crippen LogP contribution in [-0.4, -0.2) is 48.1 Å². The molecule has 25 heavy (non-hydrogen) atoms. The lowest BCUT2D eigenvalue weighted by atomic mass is 10.0. The monoisotopic (exact) mass is 368 g/mol. The Balaban J connectivity index is 1.42. The molecule has 2 saturated heterocycles. The zero-order valence-corrected chi connectivity index (χ0v) is 15.4. The fourth-order valence-electron chi connectivity index (χ4n) is 3.30. The van der Waals surface area contributed by atoms with Crippen molar-refractivity contribution in [1.29, 1.82) is 0 Å². The minimum atomic E-state index is -0.0440. The summed E-state index contributed by atoms with van der Waals surface area (Å²) >= 11 is 1.92. The van der Waals surface area contributed by atoms with Gasteiger partial charge in [-0.3, -0.25) is 4.79 Å². The Bertz CT molecular complexity index is 497. The molecular weight excluding hydrogens is 340 g/mol. The van der Waals surface area contributed by atoms with Gasteiger partial charge in [0.2, 0.25) is 5.91 Å². The van der Waals surface area contributed by atoms with Gasteiger partial charge in [0.1, 0.15) is 0 Å². The fourth-order valence-corrected chi connectivity index (χ4v) is 4.84. The number of fused-ring (bicyclic) bond motifs is 1. The van der Waals surface area contributed by atoms with Crippen molar-refractivity contribution >= 4 is 23.7 Å². The maximum absolute atomic E-state index is 11.8. The summed E-state index contributed by atoms with van der Waals surface area (Å²) < 4.78 is 0. The van der Waals surface area contributed by atoms with Crippen molar-refractivity contribution in [2.45, 2.75) is 68.7 Å². The highest BCUT2D eigenvalue weighted by Crippen LogP contribution is 2.33. The SMILES string of the molecule is [N-]=[N+]=NCCCCCCNC(=O)CCCC[C@@H]1SC[C@@H]2NC(=O)N[C@@H]21. The van der Waals surface area contributed by atoms with Gasteiger partial charge in [-0.2, -0.15) is 11.8 Å². The second-order valence-electron chi connectivity index (χ2n) is 6.59. The lowest BCUT2D eigenvalue weighted by Gasteiger charge is -2.16. The number of carbonyl (C=O) groups excluding carboxylic acids is 2. The first-order valence-electron chi connectivity index (χ1n) is 9.17. The first-order chi connectivity index (χ1) is 12.2. The molecule has 0 bridgehead atoms. The van der Waals surface area contributed by atoms with E-state index in [1.165, 1.54) is 0 Å². The van der Waals surface area contributed by atoms with Crippen molar-refractivity contribution in [3.63, 3.8) is 0 Å². The topological polar surface area (TPSA) is 119 Å². The van der Waals surface area contributed by atoms with Gasteiger partial charge in [0.15, 0.2) is 0 Å². The molecule has 3 atom stereocenters. The van der Waals surface area contributed by atoms with E-state index in [0.717, 1.165) is 57.2 Å². The molecule has 2 rings (SSSR count). The van der Waals surface area contributed by atoms with E-state index in [0.29, 0.717) is 18.2 Å². The molecule has 3 amide bonds. The van der Waals surface area contributed by atoms with E-state index < -0.39 is 0 Å². The number of hydrogen-bond acceptors (Lipinski definition) is 4. The number of urea groups is 1. The first kappa shape index (κ1) is 19.7. The Kier molecular flexibility index (Phi) is 8.76. The standard InChI is InChI=1S/C16H28N6O2S/c17-22-19-10-6-2-1-5-9-18-14(23)8-4-3-7-13-15-12(11-25-13)20-16(24)21-15/h12-13,15H,1-11H2,(H,18,23)(H2,20,21,24)/t12-,13-,15-/m0/s1. The third kappa shape index (κ3) is 7.04. The van der Waals surface area contributed by atoms with Crippen LogP contribution in [0.2, 0.25) is 0 Å². The van der Waals surface area contributed by atoms with Crippen LogP contribution in [0.1, 0.15) is 51.4 Å². The third-order valence-electron chi connectivity index (χ3n) is 4.65. The lowest BCUT2D eigenvalue weighted by Crippen LogP contribution is -2.36. The fraction of sp³-hybridized carbons (Fsp3) is 0.875. The molecule has 2 aliphatic rings. The number of thioether (sulfide) groups is 1. The summed E-state index contributed by atoms with van der Waals surface area (Å²) in [6.07, 6.45) is 7.49. The Morgan fingerprint density at radius 3 is 2.92 bits per heavy atom. The van der Waals surface area contributed by atoms with Gasteiger partial charge in [0.25, 0.3) is 0 Å². The lowest BCUT2D eigenvalue weighted by molar-refractivity contribution is -0.121. The molecule has 0 aromatic carbocycles. The van der Waals surface area contributed by atoms with Crippen LogP contribution in [0.5, 0.6) is 0 Å². The molecule has 0 spiro atoms. The van der Waals surface area contributed by atoms with Crippen molar-refractivity contribution in [3.8, 4) is 0 Å². The minimum absolute atomic E-state index is 0.0440. The van der Waals surface area contributed by atoms with E-state index in [1.54, 1.807) is 0 Å². The highest BCUT2D eigenvalue weighted by atomic mass is 32.2. The normalized spacial score (nSPS) is 24.2. The van der Waals surface area contributed by atoms with Gasteiger partial charge in [-0.25, -0.2) is 4.79 Å². The number of amides is 3. The largest absolute Gasteiger partial charge is 0.356 e. The average Bonchev–Trinajstić information content (AvgIpc) is 3.13. The highest BCUT2D eigenvalue weighted by Gasteiger charge is 2.42. The van der Waals surface area contributed by atoms with Crippen molar-refractivity contribution in [2.24, 2.45) is 5.11 Å².